The van der Waals surface area contributed by atoms with Crippen LogP contribution in [0.4, 0.5) is 4.39 Å². The molecule has 0 N–H and O–H groups in total. The van der Waals surface area contributed by atoms with Crippen LogP contribution in [0.15, 0.2) is 23.7 Å². The molecule has 1 aromatic rings. The summed E-state index contributed by atoms with van der Waals surface area (Å²) >= 11 is 10.2. The van der Waals surface area contributed by atoms with Crippen molar-refractivity contribution in [3.8, 4) is 0 Å². The van der Waals surface area contributed by atoms with E-state index in [1.54, 1.807) is 12.1 Å². The summed E-state index contributed by atoms with van der Waals surface area (Å²) < 4.78 is 25.2. The lowest BCUT2D eigenvalue weighted by Crippen LogP contribution is -2.41. The molecule has 6 heteroatoms. The van der Waals surface area contributed by atoms with Gasteiger partial charge in [0.05, 0.1) is 16.2 Å². The fourth-order valence-corrected chi connectivity index (χ4v) is 2.43. The fourth-order valence-electron chi connectivity index (χ4n) is 2.00. The molecule has 2 rings (SSSR count). The highest BCUT2D eigenvalue weighted by Gasteiger charge is 2.52. The van der Waals surface area contributed by atoms with Gasteiger partial charge in [0.15, 0.2) is 0 Å². The summed E-state index contributed by atoms with van der Waals surface area (Å²) in [7, 11) is -0.462. The Morgan fingerprint density at radius 1 is 1.29 bits per heavy atom. The van der Waals surface area contributed by atoms with Gasteiger partial charge in [-0.15, -0.1) is 0 Å². The van der Waals surface area contributed by atoms with Crippen LogP contribution in [-0.2, 0) is 9.31 Å². The molecule has 1 saturated heterocycles. The van der Waals surface area contributed by atoms with Gasteiger partial charge >= 0.3 is 7.12 Å². The van der Waals surface area contributed by atoms with E-state index < -0.39 is 24.1 Å². The smallest absolute Gasteiger partial charge is 0.400 e. The van der Waals surface area contributed by atoms with Crippen molar-refractivity contribution in [2.24, 2.45) is 0 Å². The summed E-state index contributed by atoms with van der Waals surface area (Å²) in [5, 5.41) is 0.0937. The van der Waals surface area contributed by atoms with Crippen LogP contribution < -0.4 is 0 Å². The maximum absolute atomic E-state index is 13.2. The van der Waals surface area contributed by atoms with Gasteiger partial charge in [-0.1, -0.05) is 23.7 Å². The molecule has 114 valence electrons. The third-order valence-electron chi connectivity index (χ3n) is 4.03. The lowest BCUT2D eigenvalue weighted by molar-refractivity contribution is 0.00578. The van der Waals surface area contributed by atoms with Crippen LogP contribution >= 0.6 is 24.2 Å². The number of thiol groups is 1. The molecule has 0 amide bonds. The van der Waals surface area contributed by atoms with Crippen LogP contribution in [0.3, 0.4) is 0 Å². The first kappa shape index (κ1) is 16.9. The van der Waals surface area contributed by atoms with Gasteiger partial charge in [0.2, 0.25) is 0 Å². The van der Waals surface area contributed by atoms with Crippen molar-refractivity contribution >= 4 is 37.4 Å². The van der Waals surface area contributed by atoms with Crippen molar-refractivity contribution in [2.45, 2.75) is 38.9 Å². The van der Waals surface area contributed by atoms with Crippen molar-refractivity contribution < 1.29 is 13.7 Å². The SMILES string of the molecule is CC1(C)OB(C(=Cc2ccc(F)c(Cl)c2)CS)OC1(C)C. The average Bonchev–Trinajstić information content (AvgIpc) is 2.59. The lowest BCUT2D eigenvalue weighted by atomic mass is 9.78. The number of halogens is 2. The molecule has 1 aromatic carbocycles. The van der Waals surface area contributed by atoms with Gasteiger partial charge in [0.1, 0.15) is 5.82 Å². The zero-order chi connectivity index (χ0) is 15.8. The number of rotatable bonds is 3. The first-order chi connectivity index (χ1) is 9.66. The monoisotopic (exact) mass is 328 g/mol. The molecule has 0 bridgehead atoms. The fraction of sp³-hybridized carbons (Fsp3) is 0.467. The maximum atomic E-state index is 13.2. The summed E-state index contributed by atoms with van der Waals surface area (Å²) in [6.07, 6.45) is 1.88. The Morgan fingerprint density at radius 2 is 1.86 bits per heavy atom. The Labute approximate surface area is 136 Å². The molecule has 2 nitrogen and oxygen atoms in total. The molecule has 0 unspecified atom stereocenters. The van der Waals surface area contributed by atoms with Gasteiger partial charge < -0.3 is 9.31 Å². The number of benzene rings is 1. The van der Waals surface area contributed by atoms with Crippen molar-refractivity contribution in [1.82, 2.24) is 0 Å². The van der Waals surface area contributed by atoms with E-state index >= 15 is 0 Å². The predicted octanol–water partition coefficient (Wildman–Crippen LogP) is 4.42. The second-order valence-electron chi connectivity index (χ2n) is 6.14. The van der Waals surface area contributed by atoms with Gasteiger partial charge in [-0.05, 0) is 50.9 Å². The molecule has 0 spiro atoms. The second-order valence-corrected chi connectivity index (χ2v) is 6.86. The van der Waals surface area contributed by atoms with Crippen LogP contribution in [0.5, 0.6) is 0 Å². The Bertz CT molecular complexity index is 559. The van der Waals surface area contributed by atoms with Crippen LogP contribution in [-0.4, -0.2) is 24.1 Å². The van der Waals surface area contributed by atoms with Crippen LogP contribution in [0.1, 0.15) is 33.3 Å². The quantitative estimate of drug-likeness (QED) is 0.654. The Kier molecular flexibility index (Phi) is 4.79. The second kappa shape index (κ2) is 5.96. The molecule has 0 aromatic heterocycles. The van der Waals surface area contributed by atoms with E-state index in [0.29, 0.717) is 5.75 Å². The van der Waals surface area contributed by atoms with E-state index in [4.69, 9.17) is 20.9 Å². The van der Waals surface area contributed by atoms with Crippen LogP contribution in [0.25, 0.3) is 6.08 Å². The molecule has 0 aliphatic carbocycles. The highest BCUT2D eigenvalue weighted by atomic mass is 35.5. The summed E-state index contributed by atoms with van der Waals surface area (Å²) in [6, 6.07) is 4.58. The van der Waals surface area contributed by atoms with E-state index in [2.05, 4.69) is 12.6 Å². The highest BCUT2D eigenvalue weighted by Crippen LogP contribution is 2.39. The zero-order valence-electron chi connectivity index (χ0n) is 12.6. The Balaban J connectivity index is 2.28. The largest absolute Gasteiger partial charge is 0.491 e. The lowest BCUT2D eigenvalue weighted by Gasteiger charge is -2.32. The first-order valence-electron chi connectivity index (χ1n) is 6.78. The zero-order valence-corrected chi connectivity index (χ0v) is 14.3. The molecule has 21 heavy (non-hydrogen) atoms. The van der Waals surface area contributed by atoms with Crippen molar-refractivity contribution in [3.05, 3.63) is 40.1 Å². The summed E-state index contributed by atoms with van der Waals surface area (Å²) in [5.41, 5.74) is 0.861. The van der Waals surface area contributed by atoms with Crippen molar-refractivity contribution in [1.29, 1.82) is 0 Å². The topological polar surface area (TPSA) is 18.5 Å². The molecule has 1 aliphatic rings. The van der Waals surface area contributed by atoms with E-state index in [1.807, 2.05) is 33.8 Å². The third kappa shape index (κ3) is 3.47. The van der Waals surface area contributed by atoms with E-state index in [1.165, 1.54) is 6.07 Å². The molecule has 1 fully saturated rings. The van der Waals surface area contributed by atoms with Gasteiger partial charge in [-0.3, -0.25) is 0 Å². The van der Waals surface area contributed by atoms with E-state index in [0.717, 1.165) is 11.0 Å². The number of hydrogen-bond acceptors (Lipinski definition) is 3. The van der Waals surface area contributed by atoms with Crippen molar-refractivity contribution in [3.63, 3.8) is 0 Å². The number of hydrogen-bond donors (Lipinski definition) is 1. The molecule has 1 aliphatic heterocycles. The molecular formula is C15H19BClFO2S. The highest BCUT2D eigenvalue weighted by molar-refractivity contribution is 7.80. The van der Waals surface area contributed by atoms with Gasteiger partial charge in [-0.2, -0.15) is 12.6 Å². The standard InChI is InChI=1S/C15H19BClFO2S/c1-14(2)15(3,4)20-16(19-14)11(9-21)7-10-5-6-13(18)12(17)8-10/h5-8,21H,9H2,1-4H3. The van der Waals surface area contributed by atoms with E-state index in [9.17, 15) is 4.39 Å². The molecule has 0 saturated carbocycles. The third-order valence-corrected chi connectivity index (χ3v) is 4.69. The van der Waals surface area contributed by atoms with Gasteiger partial charge in [0, 0.05) is 5.75 Å². The minimum absolute atomic E-state index is 0.0937. The summed E-state index contributed by atoms with van der Waals surface area (Å²) in [6.45, 7) is 7.99. The molecule has 0 atom stereocenters. The minimum atomic E-state index is -0.462. The minimum Gasteiger partial charge on any atom is -0.400 e. The molecule has 1 heterocycles. The normalized spacial score (nSPS) is 20.9. The van der Waals surface area contributed by atoms with Crippen molar-refractivity contribution in [2.75, 3.05) is 5.75 Å². The van der Waals surface area contributed by atoms with Gasteiger partial charge in [-0.25, -0.2) is 4.39 Å². The average molecular weight is 329 g/mol. The van der Waals surface area contributed by atoms with Gasteiger partial charge in [0.25, 0.3) is 0 Å². The molecule has 0 radical (unpaired) electrons. The Morgan fingerprint density at radius 3 is 2.33 bits per heavy atom. The Hall–Kier alpha value is -0.485. The molecular weight excluding hydrogens is 309 g/mol. The summed E-state index contributed by atoms with van der Waals surface area (Å²) in [4.78, 5) is 0. The van der Waals surface area contributed by atoms with Crippen LogP contribution in [0, 0.1) is 5.82 Å². The van der Waals surface area contributed by atoms with E-state index in [-0.39, 0.29) is 5.02 Å². The maximum Gasteiger partial charge on any atom is 0.491 e. The first-order valence-corrected chi connectivity index (χ1v) is 7.79. The summed E-state index contributed by atoms with van der Waals surface area (Å²) in [5.74, 6) is 0.0445. The predicted molar refractivity (Wildman–Crippen MR) is 89.3 cm³/mol. The van der Waals surface area contributed by atoms with Crippen LogP contribution in [0.2, 0.25) is 5.02 Å².